The Balaban J connectivity index is 1.73. The van der Waals surface area contributed by atoms with Gasteiger partial charge in [0.05, 0.1) is 0 Å². The lowest BCUT2D eigenvalue weighted by molar-refractivity contribution is -0.121. The highest BCUT2D eigenvalue weighted by Crippen LogP contribution is 2.52. The van der Waals surface area contributed by atoms with Crippen LogP contribution >= 0.6 is 0 Å². The molecule has 3 bridgehead atoms. The van der Waals surface area contributed by atoms with Gasteiger partial charge in [0, 0.05) is 18.5 Å². The average Bonchev–Trinajstić information content (AvgIpc) is 2.57. The van der Waals surface area contributed by atoms with Crippen LogP contribution in [0.2, 0.25) is 0 Å². The molecule has 3 aliphatic carbocycles. The molecule has 0 spiro atoms. The average molecular weight is 236 g/mol. The zero-order valence-corrected chi connectivity index (χ0v) is 10.7. The number of fused-ring (bicyclic) bond motifs is 2. The van der Waals surface area contributed by atoms with Gasteiger partial charge in [-0.15, -0.1) is 0 Å². The van der Waals surface area contributed by atoms with Crippen LogP contribution in [0.15, 0.2) is 0 Å². The monoisotopic (exact) mass is 236 g/mol. The summed E-state index contributed by atoms with van der Waals surface area (Å²) in [7, 11) is 0. The predicted octanol–water partition coefficient (Wildman–Crippen LogP) is 1.66. The van der Waals surface area contributed by atoms with Crippen molar-refractivity contribution in [1.82, 2.24) is 5.32 Å². The van der Waals surface area contributed by atoms with Crippen LogP contribution in [-0.2, 0) is 4.79 Å². The van der Waals surface area contributed by atoms with Crippen molar-refractivity contribution < 1.29 is 4.79 Å². The summed E-state index contributed by atoms with van der Waals surface area (Å²) in [5, 5.41) is 3.20. The third kappa shape index (κ3) is 1.99. The van der Waals surface area contributed by atoms with Crippen LogP contribution < -0.4 is 11.1 Å². The predicted molar refractivity (Wildman–Crippen MR) is 67.2 cm³/mol. The molecule has 0 aromatic carbocycles. The van der Waals surface area contributed by atoms with Crippen molar-refractivity contribution in [2.75, 3.05) is 0 Å². The third-order valence-electron chi connectivity index (χ3n) is 5.43. The molecule has 3 N–H and O–H groups in total. The second kappa shape index (κ2) is 4.27. The summed E-state index contributed by atoms with van der Waals surface area (Å²) in [4.78, 5) is 11.5. The minimum Gasteiger partial charge on any atom is -0.353 e. The van der Waals surface area contributed by atoms with E-state index >= 15 is 0 Å². The molecule has 0 heterocycles. The molecule has 1 amide bonds. The molecule has 3 fully saturated rings. The van der Waals surface area contributed by atoms with Gasteiger partial charge in [0.1, 0.15) is 0 Å². The van der Waals surface area contributed by atoms with Crippen molar-refractivity contribution in [1.29, 1.82) is 0 Å². The van der Waals surface area contributed by atoms with Crippen LogP contribution in [0, 0.1) is 23.7 Å². The van der Waals surface area contributed by atoms with Crippen molar-refractivity contribution in [2.24, 2.45) is 29.4 Å². The summed E-state index contributed by atoms with van der Waals surface area (Å²) in [6, 6.07) is 0.796. The van der Waals surface area contributed by atoms with Gasteiger partial charge in [0.25, 0.3) is 0 Å². The highest BCUT2D eigenvalue weighted by atomic mass is 16.1. The van der Waals surface area contributed by atoms with Gasteiger partial charge in [-0.25, -0.2) is 0 Å². The van der Waals surface area contributed by atoms with Crippen molar-refractivity contribution in [3.8, 4) is 0 Å². The van der Waals surface area contributed by atoms with E-state index in [0.29, 0.717) is 24.4 Å². The number of carbonyl (C=O) groups is 1. The number of nitrogens with one attached hydrogen (secondary N) is 1. The minimum atomic E-state index is 0.205. The van der Waals surface area contributed by atoms with Crippen LogP contribution in [0.5, 0.6) is 0 Å². The first-order valence-corrected chi connectivity index (χ1v) is 7.22. The van der Waals surface area contributed by atoms with Crippen molar-refractivity contribution >= 4 is 5.91 Å². The molecule has 0 aromatic heterocycles. The number of nitrogens with two attached hydrogens (primary N) is 1. The zero-order chi connectivity index (χ0) is 12.0. The van der Waals surface area contributed by atoms with E-state index in [2.05, 4.69) is 5.32 Å². The number of rotatable bonds is 2. The summed E-state index contributed by atoms with van der Waals surface area (Å²) in [5.41, 5.74) is 6.38. The van der Waals surface area contributed by atoms with Gasteiger partial charge in [-0.05, 0) is 55.8 Å². The second-order valence-corrected chi connectivity index (χ2v) is 6.41. The SMILES string of the molecule is CCC(=O)N[C@@H]1CC2CC3CC2CC(C1)[C@H]3N. The van der Waals surface area contributed by atoms with Gasteiger partial charge in [0.2, 0.25) is 5.91 Å². The molecule has 0 radical (unpaired) electrons. The van der Waals surface area contributed by atoms with E-state index in [4.69, 9.17) is 5.73 Å². The highest BCUT2D eigenvalue weighted by Gasteiger charge is 2.48. The Morgan fingerprint density at radius 2 is 1.59 bits per heavy atom. The van der Waals surface area contributed by atoms with Gasteiger partial charge in [0.15, 0.2) is 0 Å². The number of hydrogen-bond donors (Lipinski definition) is 2. The molecule has 6 atom stereocenters. The van der Waals surface area contributed by atoms with E-state index in [-0.39, 0.29) is 5.91 Å². The number of amides is 1. The fourth-order valence-corrected chi connectivity index (χ4v) is 4.61. The van der Waals surface area contributed by atoms with Gasteiger partial charge < -0.3 is 11.1 Å². The maximum atomic E-state index is 11.5. The van der Waals surface area contributed by atoms with Gasteiger partial charge in [-0.2, -0.15) is 0 Å². The van der Waals surface area contributed by atoms with Gasteiger partial charge in [-0.3, -0.25) is 4.79 Å². The van der Waals surface area contributed by atoms with E-state index in [1.54, 1.807) is 0 Å². The van der Waals surface area contributed by atoms with Crippen molar-refractivity contribution in [2.45, 2.75) is 57.5 Å². The normalized spacial score (nSPS) is 47.9. The minimum absolute atomic E-state index is 0.205. The molecule has 4 unspecified atom stereocenters. The molecular weight excluding hydrogens is 212 g/mol. The summed E-state index contributed by atoms with van der Waals surface area (Å²) in [6.07, 6.45) is 6.93. The van der Waals surface area contributed by atoms with E-state index < -0.39 is 0 Å². The Bertz CT molecular complexity index is 317. The van der Waals surface area contributed by atoms with E-state index in [0.717, 1.165) is 24.2 Å². The molecule has 3 nitrogen and oxygen atoms in total. The first-order chi connectivity index (χ1) is 8.17. The fourth-order valence-electron chi connectivity index (χ4n) is 4.61. The standard InChI is InChI=1S/C14H24N2O/c1-2-13(17)16-12-6-9-5-10-3-8(9)4-11(7-12)14(10)15/h8-12,14H,2-7,15H2,1H3,(H,16,17)/t8?,9?,10?,11?,12-,14+/m1/s1. The van der Waals surface area contributed by atoms with Gasteiger partial charge in [-0.1, -0.05) is 6.92 Å². The fraction of sp³-hybridized carbons (Fsp3) is 0.929. The first-order valence-electron chi connectivity index (χ1n) is 7.22. The Morgan fingerprint density at radius 3 is 2.24 bits per heavy atom. The Kier molecular flexibility index (Phi) is 2.89. The maximum Gasteiger partial charge on any atom is 0.219 e. The van der Waals surface area contributed by atoms with Crippen LogP contribution in [-0.4, -0.2) is 18.0 Å². The van der Waals surface area contributed by atoms with Crippen molar-refractivity contribution in [3.63, 3.8) is 0 Å². The topological polar surface area (TPSA) is 55.1 Å². The van der Waals surface area contributed by atoms with Crippen LogP contribution in [0.3, 0.4) is 0 Å². The summed E-state index contributed by atoms with van der Waals surface area (Å²) in [5.74, 6) is 3.39. The lowest BCUT2D eigenvalue weighted by Crippen LogP contribution is -2.44. The molecule has 0 aromatic rings. The van der Waals surface area contributed by atoms with Crippen molar-refractivity contribution in [3.05, 3.63) is 0 Å². The molecule has 3 heteroatoms. The summed E-state index contributed by atoms with van der Waals surface area (Å²) in [6.45, 7) is 1.93. The Hall–Kier alpha value is -0.570. The number of hydrogen-bond acceptors (Lipinski definition) is 2. The van der Waals surface area contributed by atoms with Crippen LogP contribution in [0.1, 0.15) is 45.4 Å². The molecule has 0 aliphatic heterocycles. The number of carbonyl (C=O) groups excluding carboxylic acids is 1. The molecule has 3 rings (SSSR count). The second-order valence-electron chi connectivity index (χ2n) is 6.41. The molecule has 96 valence electrons. The van der Waals surface area contributed by atoms with E-state index in [1.807, 2.05) is 6.92 Å². The largest absolute Gasteiger partial charge is 0.353 e. The van der Waals surface area contributed by atoms with Gasteiger partial charge >= 0.3 is 0 Å². The molecule has 3 aliphatic rings. The molecule has 0 saturated heterocycles. The first kappa shape index (κ1) is 11.5. The van der Waals surface area contributed by atoms with Crippen LogP contribution in [0.25, 0.3) is 0 Å². The summed E-state index contributed by atoms with van der Waals surface area (Å²) >= 11 is 0. The van der Waals surface area contributed by atoms with Crippen LogP contribution in [0.4, 0.5) is 0 Å². The highest BCUT2D eigenvalue weighted by molar-refractivity contribution is 5.75. The molecule has 17 heavy (non-hydrogen) atoms. The Labute approximate surface area is 104 Å². The lowest BCUT2D eigenvalue weighted by atomic mass is 9.75. The molecular formula is C14H24N2O. The van der Waals surface area contributed by atoms with E-state index in [9.17, 15) is 4.79 Å². The zero-order valence-electron chi connectivity index (χ0n) is 10.7. The summed E-state index contributed by atoms with van der Waals surface area (Å²) < 4.78 is 0. The smallest absolute Gasteiger partial charge is 0.219 e. The lowest BCUT2D eigenvalue weighted by Gasteiger charge is -2.35. The quantitative estimate of drug-likeness (QED) is 0.766. The maximum absolute atomic E-state index is 11.5. The third-order valence-corrected chi connectivity index (χ3v) is 5.43. The van der Waals surface area contributed by atoms with E-state index in [1.165, 1.54) is 25.7 Å². The Morgan fingerprint density at radius 1 is 1.06 bits per heavy atom. The molecule has 3 saturated carbocycles.